The maximum atomic E-state index is 13.6. The van der Waals surface area contributed by atoms with E-state index in [1.54, 1.807) is 6.08 Å². The Kier molecular flexibility index (Phi) is 40.1. The van der Waals surface area contributed by atoms with Gasteiger partial charge in [-0.2, -0.15) is 0 Å². The van der Waals surface area contributed by atoms with E-state index < -0.39 is 135 Å². The first-order valence-corrected chi connectivity index (χ1v) is 31.1. The summed E-state index contributed by atoms with van der Waals surface area (Å²) >= 11 is 0. The fourth-order valence-electron chi connectivity index (χ4n) is 10.3. The van der Waals surface area contributed by atoms with Crippen molar-refractivity contribution in [3.63, 3.8) is 0 Å². The molecule has 2 N–H and O–H groups in total. The van der Waals surface area contributed by atoms with Crippen LogP contribution in [0.1, 0.15) is 242 Å². The fraction of sp³-hybridized carbons (Fsp3) is 0.839. The number of esters is 7. The van der Waals surface area contributed by atoms with Gasteiger partial charge in [-0.1, -0.05) is 180 Å². The fourth-order valence-corrected chi connectivity index (χ4v) is 10.3. The van der Waals surface area contributed by atoms with E-state index in [0.29, 0.717) is 12.8 Å². The van der Waals surface area contributed by atoms with Gasteiger partial charge in [-0.3, -0.25) is 38.4 Å². The molecule has 2 rings (SSSR count). The third-order valence-electron chi connectivity index (χ3n) is 14.4. The summed E-state index contributed by atoms with van der Waals surface area (Å²) in [5, 5.41) is 14.6. The highest BCUT2D eigenvalue weighted by atomic mass is 16.8. The number of allylic oxidation sites excluding steroid dienone is 1. The molecule has 0 aromatic rings. The highest BCUT2D eigenvalue weighted by molar-refractivity contribution is 5.76. The molecule has 2 saturated heterocycles. The lowest BCUT2D eigenvalue weighted by molar-refractivity contribution is -0.361. The zero-order chi connectivity index (χ0) is 61.4. The molecular formula is C62H105NO20. The Hall–Kier alpha value is -4.70. The molecule has 2 fully saturated rings. The van der Waals surface area contributed by atoms with Crippen molar-refractivity contribution < 1.29 is 95.6 Å². The summed E-state index contributed by atoms with van der Waals surface area (Å²) in [6.45, 7) is 10.3. The third-order valence-corrected chi connectivity index (χ3v) is 14.4. The van der Waals surface area contributed by atoms with Crippen LogP contribution in [0.2, 0.25) is 0 Å². The first kappa shape index (κ1) is 74.4. The molecule has 0 spiro atoms. The lowest BCUT2D eigenvalue weighted by Crippen LogP contribution is -2.67. The normalized spacial score (nSPS) is 23.1. The van der Waals surface area contributed by atoms with Gasteiger partial charge in [0.1, 0.15) is 31.5 Å². The first-order chi connectivity index (χ1) is 39.8. The maximum Gasteiger partial charge on any atom is 0.303 e. The van der Waals surface area contributed by atoms with Crippen LogP contribution in [0.15, 0.2) is 12.2 Å². The second-order valence-electron chi connectivity index (χ2n) is 22.1. The highest BCUT2D eigenvalue weighted by Crippen LogP contribution is 2.36. The Bertz CT molecular complexity index is 1900. The molecule has 0 bridgehead atoms. The van der Waals surface area contributed by atoms with Crippen LogP contribution >= 0.6 is 0 Å². The summed E-state index contributed by atoms with van der Waals surface area (Å²) in [6.07, 6.45) is 17.2. The molecule has 2 heterocycles. The van der Waals surface area contributed by atoms with Crippen molar-refractivity contribution in [2.75, 3.05) is 19.8 Å². The average molecular weight is 1180 g/mol. The minimum Gasteiger partial charge on any atom is -0.463 e. The van der Waals surface area contributed by atoms with Crippen LogP contribution in [0, 0.1) is 0 Å². The van der Waals surface area contributed by atoms with E-state index in [1.807, 2.05) is 6.08 Å². The quantitative estimate of drug-likeness (QED) is 0.0248. The van der Waals surface area contributed by atoms with Crippen LogP contribution in [0.3, 0.4) is 0 Å². The number of hydrogen-bond donors (Lipinski definition) is 2. The van der Waals surface area contributed by atoms with Gasteiger partial charge >= 0.3 is 41.8 Å². The Morgan fingerprint density at radius 1 is 0.434 bits per heavy atom. The van der Waals surface area contributed by atoms with Crippen molar-refractivity contribution in [1.82, 2.24) is 5.32 Å². The Morgan fingerprint density at radius 3 is 1.20 bits per heavy atom. The van der Waals surface area contributed by atoms with Crippen LogP contribution in [0.5, 0.6) is 0 Å². The number of aliphatic hydroxyl groups excluding tert-OH is 1. The van der Waals surface area contributed by atoms with Crippen molar-refractivity contribution in [2.24, 2.45) is 0 Å². The molecule has 1 amide bonds. The third kappa shape index (κ3) is 33.5. The second-order valence-corrected chi connectivity index (χ2v) is 22.1. The number of amides is 1. The zero-order valence-electron chi connectivity index (χ0n) is 51.7. The van der Waals surface area contributed by atoms with Gasteiger partial charge < -0.3 is 62.5 Å². The van der Waals surface area contributed by atoms with Gasteiger partial charge in [-0.15, -0.1) is 0 Å². The van der Waals surface area contributed by atoms with Crippen LogP contribution in [-0.4, -0.2) is 146 Å². The highest BCUT2D eigenvalue weighted by Gasteiger charge is 2.58. The van der Waals surface area contributed by atoms with Crippen LogP contribution in [-0.2, 0) is 90.5 Å². The smallest absolute Gasteiger partial charge is 0.303 e. The summed E-state index contributed by atoms with van der Waals surface area (Å²) in [4.78, 5) is 102. The summed E-state index contributed by atoms with van der Waals surface area (Å²) in [5.74, 6) is -6.41. The van der Waals surface area contributed by atoms with E-state index in [1.165, 1.54) is 116 Å². The number of unbranched alkanes of at least 4 members (excludes halogenated alkanes) is 25. The SMILES string of the molecule is CCCCCCCCCCCCC/C=C/[C@@H](O)[C@H](CO[C@@H]1O[C@H](COC(C)=O)[C@@H](O[C@@H]2O[C@H](COC(C)=O)[C@H](OC(C)=O)[C@H](OC(C)=O)[C@H]2OC(C)=O)[C@H](OC(C)=O)[C@H]1OC(C)=O)NC(=O)CCCCCCCCCCCCCCCCC. The number of nitrogens with one attached hydrogen (secondary N) is 1. The Balaban J connectivity index is 2.42. The molecule has 2 aliphatic rings. The van der Waals surface area contributed by atoms with Crippen molar-refractivity contribution in [1.29, 1.82) is 0 Å². The molecule has 0 radical (unpaired) electrons. The van der Waals surface area contributed by atoms with Gasteiger partial charge in [0.2, 0.25) is 5.91 Å². The maximum absolute atomic E-state index is 13.6. The zero-order valence-corrected chi connectivity index (χ0v) is 51.7. The first-order valence-electron chi connectivity index (χ1n) is 31.1. The largest absolute Gasteiger partial charge is 0.463 e. The summed E-state index contributed by atoms with van der Waals surface area (Å²) < 4.78 is 64.3. The molecule has 0 aliphatic carbocycles. The summed E-state index contributed by atoms with van der Waals surface area (Å²) in [6, 6.07) is -1.07. The van der Waals surface area contributed by atoms with Gasteiger partial charge in [-0.05, 0) is 19.3 Å². The van der Waals surface area contributed by atoms with Crippen molar-refractivity contribution in [2.45, 2.75) is 316 Å². The predicted molar refractivity (Wildman–Crippen MR) is 307 cm³/mol. The van der Waals surface area contributed by atoms with E-state index in [4.69, 9.17) is 52.1 Å². The van der Waals surface area contributed by atoms with Gasteiger partial charge in [0, 0.05) is 54.9 Å². The minimum absolute atomic E-state index is 0.192. The lowest BCUT2D eigenvalue weighted by Gasteiger charge is -2.48. The van der Waals surface area contributed by atoms with Crippen LogP contribution < -0.4 is 5.32 Å². The van der Waals surface area contributed by atoms with Crippen molar-refractivity contribution >= 4 is 47.7 Å². The number of hydrogen-bond acceptors (Lipinski definition) is 20. The molecule has 0 unspecified atom stereocenters. The molecule has 478 valence electrons. The Morgan fingerprint density at radius 2 is 0.783 bits per heavy atom. The van der Waals surface area contributed by atoms with E-state index in [-0.39, 0.29) is 12.3 Å². The van der Waals surface area contributed by atoms with Crippen LogP contribution in [0.4, 0.5) is 0 Å². The van der Waals surface area contributed by atoms with E-state index in [2.05, 4.69) is 19.2 Å². The standard InChI is InChI=1S/C62H105NO20/c1-10-12-14-16-18-20-22-24-25-27-29-31-33-35-37-39-54(72)63-50(51(71)38-36-34-32-30-28-26-23-21-19-17-15-13-11-2)40-75-61-59(79-48(8)69)58(78-47(7)68)56(53(81-61)42-74-44(4)65)83-62-60(80-49(9)70)57(77-46(6)67)55(76-45(5)66)52(82-62)41-73-43(3)64/h36,38,50-53,55-62,71H,10-35,37,39-42H2,1-9H3,(H,63,72)/b38-36+/t50-,51+,52+,53+,55-,56+,57-,58-,59+,60+,61+,62-/m0/s1. The molecule has 21 nitrogen and oxygen atoms in total. The monoisotopic (exact) mass is 1180 g/mol. The van der Waals surface area contributed by atoms with Crippen molar-refractivity contribution in [3.05, 3.63) is 12.2 Å². The van der Waals surface area contributed by atoms with Gasteiger partial charge in [0.15, 0.2) is 43.1 Å². The lowest BCUT2D eigenvalue weighted by atomic mass is 9.96. The van der Waals surface area contributed by atoms with E-state index in [0.717, 1.165) is 93.4 Å². The number of aliphatic hydroxyl groups is 1. The van der Waals surface area contributed by atoms with E-state index in [9.17, 15) is 43.5 Å². The topological polar surface area (TPSA) is 270 Å². The van der Waals surface area contributed by atoms with E-state index >= 15 is 0 Å². The molecule has 21 heteroatoms. The predicted octanol–water partition coefficient (Wildman–Crippen LogP) is 9.99. The van der Waals surface area contributed by atoms with Gasteiger partial charge in [0.25, 0.3) is 0 Å². The Labute approximate surface area is 494 Å². The summed E-state index contributed by atoms with van der Waals surface area (Å²) in [5.41, 5.74) is 0. The number of carbonyl (C=O) groups excluding carboxylic acids is 8. The molecule has 2 aliphatic heterocycles. The molecule has 0 aromatic heterocycles. The van der Waals surface area contributed by atoms with Crippen molar-refractivity contribution in [3.8, 4) is 0 Å². The number of ether oxygens (including phenoxy) is 11. The molecule has 0 saturated carbocycles. The molecule has 0 aromatic carbocycles. The number of carbonyl (C=O) groups is 8. The summed E-state index contributed by atoms with van der Waals surface area (Å²) in [7, 11) is 0. The second kappa shape index (κ2) is 44.7. The average Bonchev–Trinajstić information content (AvgIpc) is 2.56. The number of rotatable bonds is 45. The minimum atomic E-state index is -1.87. The molecule has 83 heavy (non-hydrogen) atoms. The van der Waals surface area contributed by atoms with Gasteiger partial charge in [-0.25, -0.2) is 0 Å². The van der Waals surface area contributed by atoms with Gasteiger partial charge in [0.05, 0.1) is 18.8 Å². The van der Waals surface area contributed by atoms with Crippen LogP contribution in [0.25, 0.3) is 0 Å². The molecular weight excluding hydrogens is 1080 g/mol. The molecule has 12 atom stereocenters.